The van der Waals surface area contributed by atoms with Crippen molar-refractivity contribution in [1.29, 1.82) is 0 Å². The molecule has 0 aliphatic rings. The zero-order chi connectivity index (χ0) is 5.41. The minimum Gasteiger partial charge on any atom is -0.261 e. The lowest BCUT2D eigenvalue weighted by atomic mass is 11.3. The molecule has 2 N–H and O–H groups in total. The van der Waals surface area contributed by atoms with Crippen LogP contribution >= 0.6 is 0 Å². The highest BCUT2D eigenvalue weighted by Gasteiger charge is 1.44. The molecule has 0 radical (unpaired) electrons. The monoisotopic (exact) mass is 88.1 g/mol. The van der Waals surface area contributed by atoms with E-state index in [0.29, 0.717) is 0 Å². The molecular weight excluding hydrogens is 76.1 g/mol. The number of nitrogens with one attached hydrogen (secondary N) is 2. The Morgan fingerprint density at radius 1 is 1.00 bits per heavy atom. The van der Waals surface area contributed by atoms with Crippen LogP contribution in [-0.2, 0) is 0 Å². The summed E-state index contributed by atoms with van der Waals surface area (Å²) in [5.74, 6) is 0. The van der Waals surface area contributed by atoms with Crippen LogP contribution in [0.25, 0.3) is 0 Å². The summed E-state index contributed by atoms with van der Waals surface area (Å²) in [7, 11) is 3.64. The van der Waals surface area contributed by atoms with Crippen LogP contribution in [0.4, 0.5) is 0 Å². The van der Waals surface area contributed by atoms with Gasteiger partial charge in [0.2, 0.25) is 0 Å². The van der Waals surface area contributed by atoms with Crippen molar-refractivity contribution in [3.8, 4) is 0 Å². The van der Waals surface area contributed by atoms with E-state index >= 15 is 0 Å². The van der Waals surface area contributed by atoms with Gasteiger partial charge in [-0.05, 0) is 14.1 Å². The summed E-state index contributed by atoms with van der Waals surface area (Å²) in [6, 6.07) is 0. The van der Waals surface area contributed by atoms with Crippen molar-refractivity contribution in [3.63, 3.8) is 0 Å². The Hall–Kier alpha value is -0.340. The zero-order valence-electron chi connectivity index (χ0n) is 4.41. The lowest BCUT2D eigenvalue weighted by molar-refractivity contribution is 0.689. The molecule has 0 aromatic carbocycles. The molecular formula is C4H12N2. The molecule has 2 nitrogen and oxygen atoms in total. The molecule has 0 unspecified atom stereocenters. The smallest absolute Gasteiger partial charge is 0.00150 e. The van der Waals surface area contributed by atoms with E-state index in [1.807, 2.05) is 14.1 Å². The number of rotatable bonds is 1. The molecule has 0 aromatic heterocycles. The second-order valence-corrected chi connectivity index (χ2v) is 0.500. The first-order valence-corrected chi connectivity index (χ1v) is 1.75. The van der Waals surface area contributed by atoms with Crippen LogP contribution in [0.15, 0.2) is 13.2 Å². The summed E-state index contributed by atoms with van der Waals surface area (Å²) in [6.07, 6.45) is 0. The third-order valence-corrected chi connectivity index (χ3v) is 0.250. The van der Waals surface area contributed by atoms with Gasteiger partial charge in [-0.15, -0.1) is 13.2 Å². The van der Waals surface area contributed by atoms with Crippen molar-refractivity contribution in [2.45, 2.75) is 0 Å². The van der Waals surface area contributed by atoms with Crippen LogP contribution < -0.4 is 10.9 Å². The van der Waals surface area contributed by atoms with E-state index < -0.39 is 0 Å². The summed E-state index contributed by atoms with van der Waals surface area (Å²) < 4.78 is 0. The van der Waals surface area contributed by atoms with E-state index in [1.165, 1.54) is 0 Å². The minimum atomic E-state index is 1.82. The molecule has 38 valence electrons. The first kappa shape index (κ1) is 9.18. The zero-order valence-corrected chi connectivity index (χ0v) is 4.41. The van der Waals surface area contributed by atoms with Gasteiger partial charge in [-0.2, -0.15) is 0 Å². The third kappa shape index (κ3) is 59.5. The molecule has 0 amide bonds. The van der Waals surface area contributed by atoms with E-state index in [-0.39, 0.29) is 0 Å². The highest BCUT2D eigenvalue weighted by molar-refractivity contribution is 4.22. The van der Waals surface area contributed by atoms with E-state index in [0.717, 1.165) is 0 Å². The average molecular weight is 88.2 g/mol. The maximum absolute atomic E-state index is 3.00. The summed E-state index contributed by atoms with van der Waals surface area (Å²) in [5.41, 5.74) is 5.36. The lowest BCUT2D eigenvalue weighted by Crippen LogP contribution is -2.21. The van der Waals surface area contributed by atoms with Gasteiger partial charge >= 0.3 is 0 Å². The Balaban J connectivity index is 0. The maximum atomic E-state index is 3.00. The van der Waals surface area contributed by atoms with Gasteiger partial charge in [-0.25, -0.2) is 0 Å². The van der Waals surface area contributed by atoms with E-state index in [9.17, 15) is 0 Å². The second kappa shape index (κ2) is 22.7. The molecule has 0 spiro atoms. The van der Waals surface area contributed by atoms with Gasteiger partial charge in [0.25, 0.3) is 0 Å². The van der Waals surface area contributed by atoms with Crippen LogP contribution in [0.3, 0.4) is 0 Å². The summed E-state index contributed by atoms with van der Waals surface area (Å²) in [6.45, 7) is 6.00. The standard InChI is InChI=1S/C2H8N2.C2H4/c1-3-4-2;1-2/h3-4H,1-2H3;1-2H2. The Morgan fingerprint density at radius 3 is 1.17 bits per heavy atom. The SMILES string of the molecule is C=C.CNNC. The molecule has 0 saturated heterocycles. The Morgan fingerprint density at radius 2 is 1.17 bits per heavy atom. The Kier molecular flexibility index (Phi) is 34.6. The van der Waals surface area contributed by atoms with Crippen LogP contribution in [0.5, 0.6) is 0 Å². The second-order valence-electron chi connectivity index (χ2n) is 0.500. The van der Waals surface area contributed by atoms with Crippen molar-refractivity contribution in [3.05, 3.63) is 13.2 Å². The summed E-state index contributed by atoms with van der Waals surface area (Å²) in [5, 5.41) is 0. The predicted molar refractivity (Wildman–Crippen MR) is 29.4 cm³/mol. The van der Waals surface area contributed by atoms with Crippen molar-refractivity contribution < 1.29 is 0 Å². The Bertz CT molecular complexity index is 13.0. The first-order valence-electron chi connectivity index (χ1n) is 1.75. The normalized spacial score (nSPS) is 5.67. The predicted octanol–water partition coefficient (Wildman–Crippen LogP) is 0.142. The Labute approximate surface area is 39.2 Å². The molecule has 0 bridgehead atoms. The van der Waals surface area contributed by atoms with Gasteiger partial charge < -0.3 is 0 Å². The van der Waals surface area contributed by atoms with Gasteiger partial charge in [0, 0.05) is 0 Å². The van der Waals surface area contributed by atoms with Crippen molar-refractivity contribution in [2.24, 2.45) is 0 Å². The van der Waals surface area contributed by atoms with Crippen molar-refractivity contribution in [2.75, 3.05) is 14.1 Å². The van der Waals surface area contributed by atoms with Gasteiger partial charge in [0.15, 0.2) is 0 Å². The number of hydrogen-bond donors (Lipinski definition) is 2. The van der Waals surface area contributed by atoms with Crippen LogP contribution in [-0.4, -0.2) is 14.1 Å². The fourth-order valence-corrected chi connectivity index (χ4v) is 0. The topological polar surface area (TPSA) is 24.1 Å². The van der Waals surface area contributed by atoms with Gasteiger partial charge in [-0.1, -0.05) is 0 Å². The molecule has 0 fully saturated rings. The quantitative estimate of drug-likeness (QED) is 0.352. The maximum Gasteiger partial charge on any atom is -0.00150 e. The molecule has 0 aliphatic heterocycles. The molecule has 0 saturated carbocycles. The van der Waals surface area contributed by atoms with E-state index in [1.54, 1.807) is 0 Å². The lowest BCUT2D eigenvalue weighted by Gasteiger charge is -1.81. The molecule has 0 heterocycles. The summed E-state index contributed by atoms with van der Waals surface area (Å²) >= 11 is 0. The van der Waals surface area contributed by atoms with Gasteiger partial charge in [0.05, 0.1) is 0 Å². The number of hydrazine groups is 1. The van der Waals surface area contributed by atoms with Crippen LogP contribution in [0, 0.1) is 0 Å². The summed E-state index contributed by atoms with van der Waals surface area (Å²) in [4.78, 5) is 0. The van der Waals surface area contributed by atoms with Gasteiger partial charge in [-0.3, -0.25) is 10.9 Å². The first-order chi connectivity index (χ1) is 2.91. The molecule has 2 heteroatoms. The third-order valence-electron chi connectivity index (χ3n) is 0.250. The molecule has 0 aromatic rings. The van der Waals surface area contributed by atoms with E-state index in [2.05, 4.69) is 24.0 Å². The highest BCUT2D eigenvalue weighted by Crippen LogP contribution is 1.07. The minimum absolute atomic E-state index is 1.82. The van der Waals surface area contributed by atoms with Crippen LogP contribution in [0.2, 0.25) is 0 Å². The highest BCUT2D eigenvalue weighted by atomic mass is 15.3. The van der Waals surface area contributed by atoms with Crippen molar-refractivity contribution in [1.82, 2.24) is 10.9 Å². The molecule has 0 atom stereocenters. The van der Waals surface area contributed by atoms with Crippen molar-refractivity contribution >= 4 is 0 Å². The van der Waals surface area contributed by atoms with Crippen LogP contribution in [0.1, 0.15) is 0 Å². The molecule has 0 rings (SSSR count). The van der Waals surface area contributed by atoms with E-state index in [4.69, 9.17) is 0 Å². The fourth-order valence-electron chi connectivity index (χ4n) is 0. The number of hydrogen-bond acceptors (Lipinski definition) is 2. The molecule has 6 heavy (non-hydrogen) atoms. The molecule has 0 aliphatic carbocycles. The average Bonchev–Trinajstić information content (AvgIpc) is 1.72. The fraction of sp³-hybridized carbons (Fsp3) is 0.500. The largest absolute Gasteiger partial charge is 0.261 e. The van der Waals surface area contributed by atoms with Gasteiger partial charge in [0.1, 0.15) is 0 Å².